The Labute approximate surface area is 142 Å². The number of nitrogens with one attached hydrogen (secondary N) is 1. The Balaban J connectivity index is 1.80. The molecule has 0 saturated carbocycles. The second kappa shape index (κ2) is 7.81. The molecular formula is C19H23N3O2. The summed E-state index contributed by atoms with van der Waals surface area (Å²) in [5.74, 6) is 0.832. The molecule has 0 unspecified atom stereocenters. The van der Waals surface area contributed by atoms with Gasteiger partial charge in [-0.15, -0.1) is 0 Å². The number of ether oxygens (including phenoxy) is 1. The molecular weight excluding hydrogens is 302 g/mol. The van der Waals surface area contributed by atoms with E-state index in [0.29, 0.717) is 0 Å². The number of benzene rings is 1. The first-order valence-corrected chi connectivity index (χ1v) is 8.39. The number of urea groups is 1. The van der Waals surface area contributed by atoms with Crippen LogP contribution in [0.25, 0.3) is 0 Å². The van der Waals surface area contributed by atoms with Gasteiger partial charge in [0.2, 0.25) is 0 Å². The quantitative estimate of drug-likeness (QED) is 0.918. The highest BCUT2D eigenvalue weighted by molar-refractivity contribution is 5.89. The first kappa shape index (κ1) is 16.3. The Morgan fingerprint density at radius 1 is 1.21 bits per heavy atom. The van der Waals surface area contributed by atoms with Gasteiger partial charge in [-0.3, -0.25) is 4.98 Å². The first-order valence-electron chi connectivity index (χ1n) is 8.39. The average molecular weight is 325 g/mol. The van der Waals surface area contributed by atoms with Crippen LogP contribution in [0.5, 0.6) is 5.75 Å². The summed E-state index contributed by atoms with van der Waals surface area (Å²) in [4.78, 5) is 18.8. The number of amides is 2. The summed E-state index contributed by atoms with van der Waals surface area (Å²) in [7, 11) is 1.66. The number of hydrogen-bond acceptors (Lipinski definition) is 3. The molecule has 2 aromatic rings. The molecule has 1 fully saturated rings. The van der Waals surface area contributed by atoms with Crippen LogP contribution in [-0.4, -0.2) is 29.6 Å². The standard InChI is InChI=1S/C19H23N3O2/c1-24-17-10-8-15(9-11-17)18-7-3-2-4-13-22(18)19(23)21-16-6-5-12-20-14-16/h5-6,8-12,14,18H,2-4,7,13H2,1H3,(H,21,23)/t18-/m0/s1. The minimum atomic E-state index is -0.0641. The van der Waals surface area contributed by atoms with Crippen molar-refractivity contribution in [3.63, 3.8) is 0 Å². The minimum absolute atomic E-state index is 0.0641. The lowest BCUT2D eigenvalue weighted by Gasteiger charge is -2.30. The molecule has 126 valence electrons. The second-order valence-corrected chi connectivity index (χ2v) is 6.00. The Bertz CT molecular complexity index is 658. The maximum atomic E-state index is 12.8. The third-order valence-corrected chi connectivity index (χ3v) is 4.43. The number of carbonyl (C=O) groups is 1. The van der Waals surface area contributed by atoms with E-state index in [9.17, 15) is 4.79 Å². The highest BCUT2D eigenvalue weighted by Gasteiger charge is 2.26. The molecule has 1 saturated heterocycles. The maximum Gasteiger partial charge on any atom is 0.322 e. The number of pyridine rings is 1. The van der Waals surface area contributed by atoms with E-state index in [1.54, 1.807) is 19.5 Å². The van der Waals surface area contributed by atoms with Crippen molar-refractivity contribution in [2.45, 2.75) is 31.7 Å². The summed E-state index contributed by atoms with van der Waals surface area (Å²) in [6.07, 6.45) is 7.66. The highest BCUT2D eigenvalue weighted by atomic mass is 16.5. The van der Waals surface area contributed by atoms with Gasteiger partial charge < -0.3 is 15.0 Å². The Morgan fingerprint density at radius 2 is 2.04 bits per heavy atom. The third kappa shape index (κ3) is 3.85. The van der Waals surface area contributed by atoms with Crippen LogP contribution < -0.4 is 10.1 Å². The summed E-state index contributed by atoms with van der Waals surface area (Å²) < 4.78 is 5.23. The van der Waals surface area contributed by atoms with E-state index in [-0.39, 0.29) is 12.1 Å². The van der Waals surface area contributed by atoms with Crippen LogP contribution in [0.15, 0.2) is 48.8 Å². The van der Waals surface area contributed by atoms with Crippen LogP contribution in [0.2, 0.25) is 0 Å². The molecule has 5 nitrogen and oxygen atoms in total. The van der Waals surface area contributed by atoms with E-state index in [2.05, 4.69) is 22.4 Å². The van der Waals surface area contributed by atoms with Gasteiger partial charge in [0.25, 0.3) is 0 Å². The zero-order chi connectivity index (χ0) is 16.8. The number of nitrogens with zero attached hydrogens (tertiary/aromatic N) is 2. The first-order chi connectivity index (χ1) is 11.8. The highest BCUT2D eigenvalue weighted by Crippen LogP contribution is 2.31. The summed E-state index contributed by atoms with van der Waals surface area (Å²) in [6.45, 7) is 0.767. The zero-order valence-corrected chi connectivity index (χ0v) is 13.9. The molecule has 0 bridgehead atoms. The van der Waals surface area contributed by atoms with Gasteiger partial charge in [-0.05, 0) is 42.7 Å². The molecule has 1 aliphatic heterocycles. The lowest BCUT2D eigenvalue weighted by Crippen LogP contribution is -2.38. The number of likely N-dealkylation sites (tertiary alicyclic amines) is 1. The zero-order valence-electron chi connectivity index (χ0n) is 13.9. The van der Waals surface area contributed by atoms with Gasteiger partial charge in [-0.2, -0.15) is 0 Å². The minimum Gasteiger partial charge on any atom is -0.497 e. The average Bonchev–Trinajstić information content (AvgIpc) is 2.89. The molecule has 1 aromatic heterocycles. The fraction of sp³-hybridized carbons (Fsp3) is 0.368. The van der Waals surface area contributed by atoms with E-state index < -0.39 is 0 Å². The van der Waals surface area contributed by atoms with Crippen molar-refractivity contribution in [1.29, 1.82) is 0 Å². The fourth-order valence-corrected chi connectivity index (χ4v) is 3.16. The van der Waals surface area contributed by atoms with E-state index in [0.717, 1.165) is 49.2 Å². The lowest BCUT2D eigenvalue weighted by molar-refractivity contribution is 0.189. The van der Waals surface area contributed by atoms with Gasteiger partial charge in [0.1, 0.15) is 5.75 Å². The van der Waals surface area contributed by atoms with Gasteiger partial charge in [0.15, 0.2) is 0 Å². The maximum absolute atomic E-state index is 12.8. The van der Waals surface area contributed by atoms with Crippen molar-refractivity contribution in [2.24, 2.45) is 0 Å². The number of methoxy groups -OCH3 is 1. The van der Waals surface area contributed by atoms with E-state index >= 15 is 0 Å². The molecule has 0 radical (unpaired) electrons. The van der Waals surface area contributed by atoms with Crippen LogP contribution in [-0.2, 0) is 0 Å². The molecule has 0 aliphatic carbocycles. The Hall–Kier alpha value is -2.56. The topological polar surface area (TPSA) is 54.5 Å². The van der Waals surface area contributed by atoms with Gasteiger partial charge in [0.05, 0.1) is 25.0 Å². The molecule has 5 heteroatoms. The summed E-state index contributed by atoms with van der Waals surface area (Å²) >= 11 is 0. The van der Waals surface area contributed by atoms with Crippen molar-refractivity contribution in [3.05, 3.63) is 54.4 Å². The van der Waals surface area contributed by atoms with Crippen molar-refractivity contribution in [2.75, 3.05) is 19.0 Å². The van der Waals surface area contributed by atoms with Crippen molar-refractivity contribution in [3.8, 4) is 5.75 Å². The van der Waals surface area contributed by atoms with Gasteiger partial charge in [-0.1, -0.05) is 25.0 Å². The lowest BCUT2D eigenvalue weighted by atomic mass is 10.0. The number of aromatic nitrogens is 1. The normalized spacial score (nSPS) is 17.9. The Kier molecular flexibility index (Phi) is 5.31. The largest absolute Gasteiger partial charge is 0.497 e. The summed E-state index contributed by atoms with van der Waals surface area (Å²) in [5.41, 5.74) is 1.87. The Morgan fingerprint density at radius 3 is 2.75 bits per heavy atom. The SMILES string of the molecule is COc1ccc([C@@H]2CCCCCN2C(=O)Nc2cccnc2)cc1. The third-order valence-electron chi connectivity index (χ3n) is 4.43. The fourth-order valence-electron chi connectivity index (χ4n) is 3.16. The summed E-state index contributed by atoms with van der Waals surface area (Å²) in [5, 5.41) is 2.96. The predicted molar refractivity (Wildman–Crippen MR) is 94.2 cm³/mol. The number of hydrogen-bond donors (Lipinski definition) is 1. The van der Waals surface area contributed by atoms with Crippen LogP contribution in [0.4, 0.5) is 10.5 Å². The molecule has 3 rings (SSSR count). The molecule has 1 N–H and O–H groups in total. The van der Waals surface area contributed by atoms with Crippen molar-refractivity contribution < 1.29 is 9.53 Å². The number of rotatable bonds is 3. The van der Waals surface area contributed by atoms with Crippen LogP contribution in [0.3, 0.4) is 0 Å². The van der Waals surface area contributed by atoms with Crippen LogP contribution in [0.1, 0.15) is 37.3 Å². The van der Waals surface area contributed by atoms with Crippen molar-refractivity contribution in [1.82, 2.24) is 9.88 Å². The van der Waals surface area contributed by atoms with E-state index in [1.807, 2.05) is 29.2 Å². The van der Waals surface area contributed by atoms with E-state index in [1.165, 1.54) is 0 Å². The monoisotopic (exact) mass is 325 g/mol. The number of anilines is 1. The van der Waals surface area contributed by atoms with Crippen LogP contribution >= 0.6 is 0 Å². The molecule has 2 heterocycles. The van der Waals surface area contributed by atoms with Crippen molar-refractivity contribution >= 4 is 11.7 Å². The smallest absolute Gasteiger partial charge is 0.322 e. The van der Waals surface area contributed by atoms with Gasteiger partial charge in [-0.25, -0.2) is 4.79 Å². The number of carbonyl (C=O) groups excluding carboxylic acids is 1. The molecule has 2 amide bonds. The molecule has 1 aromatic carbocycles. The van der Waals surface area contributed by atoms with E-state index in [4.69, 9.17) is 4.74 Å². The molecule has 1 aliphatic rings. The summed E-state index contributed by atoms with van der Waals surface area (Å²) in [6, 6.07) is 11.7. The predicted octanol–water partition coefficient (Wildman–Crippen LogP) is 4.24. The molecule has 1 atom stereocenters. The van der Waals surface area contributed by atoms with Crippen LogP contribution in [0, 0.1) is 0 Å². The van der Waals surface area contributed by atoms with Gasteiger partial charge in [0, 0.05) is 12.7 Å². The van der Waals surface area contributed by atoms with Gasteiger partial charge >= 0.3 is 6.03 Å². The molecule has 0 spiro atoms. The molecule has 24 heavy (non-hydrogen) atoms. The second-order valence-electron chi connectivity index (χ2n) is 6.00.